The van der Waals surface area contributed by atoms with E-state index >= 15 is 0 Å². The van der Waals surface area contributed by atoms with Crippen LogP contribution in [0.4, 0.5) is 0 Å². The molecule has 0 radical (unpaired) electrons. The molecule has 0 spiro atoms. The Hall–Kier alpha value is -0.850. The van der Waals surface area contributed by atoms with Crippen LogP contribution >= 0.6 is 0 Å². The molecular weight excluding hydrogens is 168 g/mol. The third kappa shape index (κ3) is 1.59. The molecule has 6 heteroatoms. The van der Waals surface area contributed by atoms with Gasteiger partial charge in [-0.25, -0.2) is 14.1 Å². The molecule has 0 saturated carbocycles. The van der Waals surface area contributed by atoms with Gasteiger partial charge in [0.25, 0.3) is 0 Å². The summed E-state index contributed by atoms with van der Waals surface area (Å²) < 4.78 is 22.5. The molecule has 0 bridgehead atoms. The minimum Gasteiger partial charge on any atom is -0.453 e. The van der Waals surface area contributed by atoms with E-state index in [1.165, 1.54) is 12.3 Å². The van der Waals surface area contributed by atoms with Crippen molar-refractivity contribution in [2.24, 2.45) is 5.14 Å². The molecule has 1 rings (SSSR count). The molecule has 62 valence electrons. The van der Waals surface area contributed by atoms with Crippen molar-refractivity contribution in [3.8, 4) is 0 Å². The number of rotatable bonds is 2. The van der Waals surface area contributed by atoms with Crippen LogP contribution in [0.2, 0.25) is 0 Å². The molecule has 0 saturated heterocycles. The molecule has 5 nitrogen and oxygen atoms in total. The molecule has 0 aliphatic rings. The predicted octanol–water partition coefficient (Wildman–Crippen LogP) is 0.0513. The summed E-state index contributed by atoms with van der Waals surface area (Å²) >= 11 is 0. The summed E-state index contributed by atoms with van der Waals surface area (Å²) in [5, 5.41) is 13.5. The second-order valence-corrected chi connectivity index (χ2v) is 3.56. The Labute approximate surface area is 63.9 Å². The average Bonchev–Trinajstić information content (AvgIpc) is 2.31. The predicted molar refractivity (Wildman–Crippen MR) is 37.9 cm³/mol. The molecule has 1 heterocycles. The van der Waals surface area contributed by atoms with E-state index in [1.54, 1.807) is 0 Å². The summed E-state index contributed by atoms with van der Waals surface area (Å²) in [7, 11) is -3.33. The molecule has 1 aromatic rings. The van der Waals surface area contributed by atoms with Crippen LogP contribution in [0.5, 0.6) is 0 Å². The third-order valence-electron chi connectivity index (χ3n) is 1.15. The van der Waals surface area contributed by atoms with Gasteiger partial charge in [0.1, 0.15) is 0 Å². The quantitative estimate of drug-likeness (QED) is 0.593. The number of hydrogen-bond acceptors (Lipinski definition) is 4. The van der Waals surface area contributed by atoms with E-state index in [9.17, 15) is 4.21 Å². The Morgan fingerprint density at radius 2 is 2.45 bits per heavy atom. The maximum Gasteiger partial charge on any atom is 0.218 e. The Morgan fingerprint density at radius 3 is 2.82 bits per heavy atom. The van der Waals surface area contributed by atoms with Crippen molar-refractivity contribution in [2.75, 3.05) is 0 Å². The zero-order valence-corrected chi connectivity index (χ0v) is 6.43. The molecule has 1 atom stereocenters. The summed E-state index contributed by atoms with van der Waals surface area (Å²) in [6.45, 7) is -0.321. The molecule has 0 aliphatic heterocycles. The van der Waals surface area contributed by atoms with Crippen LogP contribution in [0, 0.1) is 4.78 Å². The molecule has 4 N–H and O–H groups in total. The van der Waals surface area contributed by atoms with Crippen LogP contribution in [0.15, 0.2) is 21.8 Å². The monoisotopic (exact) mass is 176 g/mol. The van der Waals surface area contributed by atoms with Crippen molar-refractivity contribution >= 4 is 9.92 Å². The lowest BCUT2D eigenvalue weighted by Gasteiger charge is -1.97. The second-order valence-electron chi connectivity index (χ2n) is 1.99. The smallest absolute Gasteiger partial charge is 0.218 e. The Balaban J connectivity index is 3.24. The summed E-state index contributed by atoms with van der Waals surface area (Å²) in [6.07, 6.45) is 1.24. The van der Waals surface area contributed by atoms with Crippen LogP contribution in [0.1, 0.15) is 5.56 Å². The van der Waals surface area contributed by atoms with Crippen LogP contribution in [-0.2, 0) is 16.5 Å². The SMILES string of the molecule is N=S(N)(=O)c1occc1CO. The molecule has 1 unspecified atom stereocenters. The number of aliphatic hydroxyl groups excluding tert-OH is 1. The second kappa shape index (κ2) is 2.65. The summed E-state index contributed by atoms with van der Waals surface area (Å²) in [6, 6.07) is 1.43. The van der Waals surface area contributed by atoms with Gasteiger partial charge in [-0.1, -0.05) is 0 Å². The van der Waals surface area contributed by atoms with E-state index in [0.717, 1.165) is 0 Å². The highest BCUT2D eigenvalue weighted by Crippen LogP contribution is 2.14. The zero-order chi connectivity index (χ0) is 8.48. The first-order valence-corrected chi connectivity index (χ1v) is 4.41. The van der Waals surface area contributed by atoms with E-state index in [1.807, 2.05) is 0 Å². The summed E-state index contributed by atoms with van der Waals surface area (Å²) in [4.78, 5) is 0. The van der Waals surface area contributed by atoms with Crippen LogP contribution < -0.4 is 5.14 Å². The fourth-order valence-electron chi connectivity index (χ4n) is 0.705. The fraction of sp³-hybridized carbons (Fsp3) is 0.200. The van der Waals surface area contributed by atoms with Gasteiger partial charge in [-0.2, -0.15) is 0 Å². The molecule has 0 aliphatic carbocycles. The number of nitrogens with one attached hydrogen (secondary N) is 1. The van der Waals surface area contributed by atoms with E-state index in [4.69, 9.17) is 15.0 Å². The Bertz CT molecular complexity index is 340. The highest BCUT2D eigenvalue weighted by molar-refractivity contribution is 7.90. The van der Waals surface area contributed by atoms with Crippen LogP contribution in [0.3, 0.4) is 0 Å². The molecular formula is C5H8N2O3S. The van der Waals surface area contributed by atoms with Gasteiger partial charge in [0, 0.05) is 5.56 Å². The lowest BCUT2D eigenvalue weighted by atomic mass is 10.4. The van der Waals surface area contributed by atoms with Crippen molar-refractivity contribution in [1.29, 1.82) is 4.78 Å². The minimum absolute atomic E-state index is 0.153. The van der Waals surface area contributed by atoms with Gasteiger partial charge in [-0.05, 0) is 6.07 Å². The molecule has 1 aromatic heterocycles. The van der Waals surface area contributed by atoms with E-state index < -0.39 is 9.92 Å². The Kier molecular flexibility index (Phi) is 1.99. The highest BCUT2D eigenvalue weighted by Gasteiger charge is 2.13. The number of hydrogen-bond donors (Lipinski definition) is 3. The van der Waals surface area contributed by atoms with Gasteiger partial charge < -0.3 is 9.52 Å². The largest absolute Gasteiger partial charge is 0.453 e. The maximum atomic E-state index is 10.9. The maximum absolute atomic E-state index is 10.9. The summed E-state index contributed by atoms with van der Waals surface area (Å²) in [5.41, 5.74) is 0.299. The fourth-order valence-corrected chi connectivity index (χ4v) is 1.43. The van der Waals surface area contributed by atoms with Gasteiger partial charge in [0.2, 0.25) is 5.09 Å². The minimum atomic E-state index is -3.33. The number of nitrogens with two attached hydrogens (primary N) is 1. The summed E-state index contributed by atoms with van der Waals surface area (Å²) in [5.74, 6) is 0. The molecule has 0 fully saturated rings. The van der Waals surface area contributed by atoms with E-state index in [2.05, 4.69) is 4.42 Å². The van der Waals surface area contributed by atoms with Crippen molar-refractivity contribution in [3.05, 3.63) is 17.9 Å². The van der Waals surface area contributed by atoms with Crippen molar-refractivity contribution in [2.45, 2.75) is 11.7 Å². The lowest BCUT2D eigenvalue weighted by Crippen LogP contribution is -2.11. The lowest BCUT2D eigenvalue weighted by molar-refractivity contribution is 0.273. The van der Waals surface area contributed by atoms with Crippen LogP contribution in [0.25, 0.3) is 0 Å². The van der Waals surface area contributed by atoms with E-state index in [0.29, 0.717) is 5.56 Å². The zero-order valence-electron chi connectivity index (χ0n) is 5.61. The van der Waals surface area contributed by atoms with E-state index in [-0.39, 0.29) is 11.7 Å². The first kappa shape index (κ1) is 8.25. The third-order valence-corrected chi connectivity index (χ3v) is 2.06. The van der Waals surface area contributed by atoms with Gasteiger partial charge in [-0.15, -0.1) is 0 Å². The first-order chi connectivity index (χ1) is 5.05. The number of aliphatic hydroxyl groups is 1. The van der Waals surface area contributed by atoms with Crippen molar-refractivity contribution in [3.63, 3.8) is 0 Å². The highest BCUT2D eigenvalue weighted by atomic mass is 32.2. The van der Waals surface area contributed by atoms with Crippen LogP contribution in [-0.4, -0.2) is 9.32 Å². The first-order valence-electron chi connectivity index (χ1n) is 2.79. The average molecular weight is 176 g/mol. The number of furan rings is 1. The normalized spacial score (nSPS) is 16.2. The van der Waals surface area contributed by atoms with Gasteiger partial charge in [0.05, 0.1) is 12.9 Å². The van der Waals surface area contributed by atoms with Crippen molar-refractivity contribution in [1.82, 2.24) is 0 Å². The Morgan fingerprint density at radius 1 is 1.82 bits per heavy atom. The van der Waals surface area contributed by atoms with Crippen molar-refractivity contribution < 1.29 is 13.7 Å². The van der Waals surface area contributed by atoms with Gasteiger partial charge >= 0.3 is 0 Å². The van der Waals surface area contributed by atoms with Gasteiger partial charge in [0.15, 0.2) is 9.92 Å². The molecule has 11 heavy (non-hydrogen) atoms. The molecule has 0 amide bonds. The molecule has 0 aromatic carbocycles. The van der Waals surface area contributed by atoms with Gasteiger partial charge in [-0.3, -0.25) is 0 Å². The standard InChI is InChI=1S/C5H8N2O3S/c6-11(7,9)5-4(3-8)1-2-10-5/h1-2,8H,3H2,(H3,6,7,9). The topological polar surface area (TPSA) is 100 Å².